The van der Waals surface area contributed by atoms with E-state index in [0.29, 0.717) is 22.9 Å². The van der Waals surface area contributed by atoms with Crippen LogP contribution in [0.5, 0.6) is 5.75 Å². The highest BCUT2D eigenvalue weighted by molar-refractivity contribution is 6.32. The number of carbonyl (C=O) groups is 1. The van der Waals surface area contributed by atoms with E-state index in [-0.39, 0.29) is 11.9 Å². The number of ether oxygens (including phenoxy) is 1. The van der Waals surface area contributed by atoms with Crippen LogP contribution in [0.4, 0.5) is 0 Å². The number of carbonyl (C=O) groups excluding carboxylic acids is 1. The fourth-order valence-corrected chi connectivity index (χ4v) is 2.90. The Labute approximate surface area is 124 Å². The van der Waals surface area contributed by atoms with Gasteiger partial charge < -0.3 is 14.7 Å². The summed E-state index contributed by atoms with van der Waals surface area (Å²) in [5.74, 6) is 0.390. The predicted molar refractivity (Wildman–Crippen MR) is 78.4 cm³/mol. The van der Waals surface area contributed by atoms with Crippen LogP contribution in [0.2, 0.25) is 5.02 Å². The maximum absolute atomic E-state index is 12.6. The van der Waals surface area contributed by atoms with Crippen LogP contribution in [-0.2, 0) is 0 Å². The summed E-state index contributed by atoms with van der Waals surface area (Å²) in [5, 5.41) is 10.7. The number of methoxy groups -OCH3 is 1. The van der Waals surface area contributed by atoms with Crippen molar-refractivity contribution in [3.8, 4) is 5.75 Å². The van der Waals surface area contributed by atoms with E-state index in [0.717, 1.165) is 12.8 Å². The van der Waals surface area contributed by atoms with Crippen molar-refractivity contribution in [2.45, 2.75) is 38.3 Å². The van der Waals surface area contributed by atoms with Crippen LogP contribution in [-0.4, -0.2) is 41.2 Å². The van der Waals surface area contributed by atoms with Gasteiger partial charge in [-0.1, -0.05) is 11.6 Å². The summed E-state index contributed by atoms with van der Waals surface area (Å²) in [6.07, 6.45) is 1.73. The maximum atomic E-state index is 12.6. The van der Waals surface area contributed by atoms with E-state index in [4.69, 9.17) is 16.3 Å². The summed E-state index contributed by atoms with van der Waals surface area (Å²) in [5.41, 5.74) is -0.370. The Kier molecular flexibility index (Phi) is 4.25. The van der Waals surface area contributed by atoms with Gasteiger partial charge in [0.1, 0.15) is 5.75 Å². The number of halogens is 1. The van der Waals surface area contributed by atoms with Gasteiger partial charge in [-0.15, -0.1) is 0 Å². The number of hydrogen-bond donors (Lipinski definition) is 1. The quantitative estimate of drug-likeness (QED) is 0.933. The van der Waals surface area contributed by atoms with Crippen molar-refractivity contribution >= 4 is 17.5 Å². The zero-order valence-corrected chi connectivity index (χ0v) is 12.8. The molecule has 1 unspecified atom stereocenters. The predicted octanol–water partition coefficient (Wildman–Crippen LogP) is 2.72. The van der Waals surface area contributed by atoms with Gasteiger partial charge in [-0.05, 0) is 44.9 Å². The molecule has 0 aromatic heterocycles. The second-order valence-electron chi connectivity index (χ2n) is 5.66. The van der Waals surface area contributed by atoms with E-state index < -0.39 is 5.60 Å². The molecule has 4 nitrogen and oxygen atoms in total. The molecule has 1 amide bonds. The molecule has 0 spiro atoms. The Hall–Kier alpha value is -1.26. The van der Waals surface area contributed by atoms with E-state index in [1.807, 2.05) is 0 Å². The monoisotopic (exact) mass is 297 g/mol. The Morgan fingerprint density at radius 3 is 2.80 bits per heavy atom. The van der Waals surface area contributed by atoms with Gasteiger partial charge in [0.25, 0.3) is 5.91 Å². The summed E-state index contributed by atoms with van der Waals surface area (Å²) < 4.78 is 5.14. The summed E-state index contributed by atoms with van der Waals surface area (Å²) in [6, 6.07) is 4.83. The zero-order chi connectivity index (χ0) is 14.9. The van der Waals surface area contributed by atoms with Crippen LogP contribution in [0, 0.1) is 0 Å². The van der Waals surface area contributed by atoms with Crippen molar-refractivity contribution in [2.75, 3.05) is 13.7 Å². The lowest BCUT2D eigenvalue weighted by atomic mass is 9.96. The molecule has 1 fully saturated rings. The number of likely N-dealkylation sites (tertiary alicyclic amines) is 1. The number of hydrogen-bond acceptors (Lipinski definition) is 3. The fraction of sp³-hybridized carbons (Fsp3) is 0.533. The molecule has 2 rings (SSSR count). The molecule has 1 heterocycles. The van der Waals surface area contributed by atoms with Gasteiger partial charge in [0.15, 0.2) is 0 Å². The topological polar surface area (TPSA) is 49.8 Å². The molecule has 1 aliphatic heterocycles. The Balaban J connectivity index is 2.27. The van der Waals surface area contributed by atoms with E-state index >= 15 is 0 Å². The van der Waals surface area contributed by atoms with Crippen LogP contribution < -0.4 is 4.74 Å². The van der Waals surface area contributed by atoms with Crippen molar-refractivity contribution in [1.82, 2.24) is 4.90 Å². The largest absolute Gasteiger partial charge is 0.495 e. The number of nitrogens with zero attached hydrogens (tertiary/aromatic N) is 1. The first-order chi connectivity index (χ1) is 9.34. The van der Waals surface area contributed by atoms with Gasteiger partial charge in [0, 0.05) is 12.1 Å². The molecule has 20 heavy (non-hydrogen) atoms. The maximum Gasteiger partial charge on any atom is 0.254 e. The first kappa shape index (κ1) is 15.1. The third-order valence-electron chi connectivity index (χ3n) is 3.73. The molecule has 1 aliphatic rings. The van der Waals surface area contributed by atoms with Crippen LogP contribution in [0.25, 0.3) is 0 Å². The molecule has 1 saturated heterocycles. The lowest BCUT2D eigenvalue weighted by molar-refractivity contribution is 0.000329. The van der Waals surface area contributed by atoms with Gasteiger partial charge in [-0.3, -0.25) is 4.79 Å². The van der Waals surface area contributed by atoms with Crippen molar-refractivity contribution in [2.24, 2.45) is 0 Å². The fourth-order valence-electron chi connectivity index (χ4n) is 2.70. The lowest BCUT2D eigenvalue weighted by Crippen LogP contribution is -2.48. The summed E-state index contributed by atoms with van der Waals surface area (Å²) in [6.45, 7) is 4.15. The standard InChI is InChI=1S/C15H20ClNO3/c1-15(2,19)13-5-4-8-17(13)14(18)10-6-7-11(16)12(9-10)20-3/h6-7,9,13,19H,4-5,8H2,1-3H3. The Morgan fingerprint density at radius 2 is 2.20 bits per heavy atom. The molecule has 0 bridgehead atoms. The second-order valence-corrected chi connectivity index (χ2v) is 6.07. The summed E-state index contributed by atoms with van der Waals surface area (Å²) in [4.78, 5) is 14.3. The molecule has 1 atom stereocenters. The summed E-state index contributed by atoms with van der Waals surface area (Å²) >= 11 is 5.97. The third kappa shape index (κ3) is 2.91. The van der Waals surface area contributed by atoms with Crippen molar-refractivity contribution in [3.63, 3.8) is 0 Å². The Bertz CT molecular complexity index is 510. The minimum atomic E-state index is -0.900. The first-order valence-corrected chi connectivity index (χ1v) is 7.09. The van der Waals surface area contributed by atoms with Crippen LogP contribution in [0.1, 0.15) is 37.0 Å². The molecular formula is C15H20ClNO3. The third-order valence-corrected chi connectivity index (χ3v) is 4.04. The molecule has 0 radical (unpaired) electrons. The SMILES string of the molecule is COc1cc(C(=O)N2CCCC2C(C)(C)O)ccc1Cl. The number of amides is 1. The van der Waals surface area contributed by atoms with Gasteiger partial charge in [0.05, 0.1) is 23.8 Å². The normalized spacial score (nSPS) is 19.2. The number of benzene rings is 1. The molecule has 110 valence electrons. The molecule has 5 heteroatoms. The lowest BCUT2D eigenvalue weighted by Gasteiger charge is -2.33. The molecule has 0 saturated carbocycles. The van der Waals surface area contributed by atoms with E-state index in [2.05, 4.69) is 0 Å². The number of rotatable bonds is 3. The Morgan fingerprint density at radius 1 is 1.50 bits per heavy atom. The average molecular weight is 298 g/mol. The van der Waals surface area contributed by atoms with Gasteiger partial charge in [0.2, 0.25) is 0 Å². The second kappa shape index (κ2) is 5.62. The molecule has 1 aromatic carbocycles. The van der Waals surface area contributed by atoms with Gasteiger partial charge in [-0.25, -0.2) is 0 Å². The van der Waals surface area contributed by atoms with Crippen LogP contribution in [0.15, 0.2) is 18.2 Å². The van der Waals surface area contributed by atoms with E-state index in [9.17, 15) is 9.90 Å². The van der Waals surface area contributed by atoms with Gasteiger partial charge >= 0.3 is 0 Å². The average Bonchev–Trinajstić information content (AvgIpc) is 2.87. The van der Waals surface area contributed by atoms with Gasteiger partial charge in [-0.2, -0.15) is 0 Å². The highest BCUT2D eigenvalue weighted by Gasteiger charge is 2.38. The molecular weight excluding hydrogens is 278 g/mol. The van der Waals surface area contributed by atoms with E-state index in [1.54, 1.807) is 36.9 Å². The van der Waals surface area contributed by atoms with Crippen molar-refractivity contribution in [3.05, 3.63) is 28.8 Å². The molecule has 0 aliphatic carbocycles. The summed E-state index contributed by atoms with van der Waals surface area (Å²) in [7, 11) is 1.52. The minimum absolute atomic E-state index is 0.0930. The van der Waals surface area contributed by atoms with Crippen molar-refractivity contribution in [1.29, 1.82) is 0 Å². The highest BCUT2D eigenvalue weighted by atomic mass is 35.5. The van der Waals surface area contributed by atoms with Crippen LogP contribution in [0.3, 0.4) is 0 Å². The minimum Gasteiger partial charge on any atom is -0.495 e. The molecule has 1 aromatic rings. The highest BCUT2D eigenvalue weighted by Crippen LogP contribution is 2.30. The van der Waals surface area contributed by atoms with Crippen molar-refractivity contribution < 1.29 is 14.6 Å². The van der Waals surface area contributed by atoms with E-state index in [1.165, 1.54) is 7.11 Å². The number of aliphatic hydroxyl groups is 1. The smallest absolute Gasteiger partial charge is 0.254 e. The van der Waals surface area contributed by atoms with Crippen LogP contribution >= 0.6 is 11.6 Å². The zero-order valence-electron chi connectivity index (χ0n) is 12.0. The first-order valence-electron chi connectivity index (χ1n) is 6.71. The molecule has 1 N–H and O–H groups in total.